The maximum atomic E-state index is 13.3. The first-order chi connectivity index (χ1) is 6.66. The molecule has 2 N–H and O–H groups in total. The molecule has 4 nitrogen and oxygen atoms in total. The minimum absolute atomic E-state index is 0.129. The summed E-state index contributed by atoms with van der Waals surface area (Å²) in [6.07, 6.45) is -0.520. The fourth-order valence-corrected chi connectivity index (χ4v) is 0.994. The largest absolute Gasteiger partial charge is 0.468 e. The van der Waals surface area contributed by atoms with Crippen molar-refractivity contribution >= 4 is 5.97 Å². The summed E-state index contributed by atoms with van der Waals surface area (Å²) in [5.41, 5.74) is 5.44. The van der Waals surface area contributed by atoms with Gasteiger partial charge in [-0.25, -0.2) is 9.18 Å². The Labute approximate surface area is 80.8 Å². The molecule has 0 bridgehead atoms. The second kappa shape index (κ2) is 4.76. The topological polar surface area (TPSA) is 65.5 Å². The lowest BCUT2D eigenvalue weighted by Crippen LogP contribution is -2.31. The molecule has 0 saturated heterocycles. The summed E-state index contributed by atoms with van der Waals surface area (Å²) >= 11 is 0. The van der Waals surface area contributed by atoms with Crippen molar-refractivity contribution in [2.45, 2.75) is 19.1 Å². The predicted molar refractivity (Wildman–Crippen MR) is 47.2 cm³/mol. The number of esters is 1. The van der Waals surface area contributed by atoms with Gasteiger partial charge in [-0.2, -0.15) is 0 Å². The van der Waals surface area contributed by atoms with Crippen LogP contribution in [0.1, 0.15) is 18.7 Å². The molecule has 1 unspecified atom stereocenters. The fraction of sp³-hybridized carbons (Fsp3) is 0.444. The van der Waals surface area contributed by atoms with E-state index in [-0.39, 0.29) is 12.4 Å². The van der Waals surface area contributed by atoms with Crippen LogP contribution in [0.3, 0.4) is 0 Å². The van der Waals surface area contributed by atoms with Crippen LogP contribution in [0, 0.1) is 0 Å². The lowest BCUT2D eigenvalue weighted by Gasteiger charge is -2.12. The normalized spacial score (nSPS) is 14.8. The highest BCUT2D eigenvalue weighted by molar-refractivity contribution is 5.75. The standard InChI is InChI=1S/C9H12FNO3/c1-2-13-9(12)7(10)8(11)6-4-3-5-14-6/h3-5,7-8H,2,11H2,1H3/t7?,8-/m0/s1. The van der Waals surface area contributed by atoms with Crippen LogP contribution >= 0.6 is 0 Å². The quantitative estimate of drug-likeness (QED) is 0.743. The molecule has 0 fully saturated rings. The van der Waals surface area contributed by atoms with Crippen molar-refractivity contribution < 1.29 is 18.3 Å². The number of rotatable bonds is 4. The average molecular weight is 201 g/mol. The molecule has 0 aliphatic rings. The third-order valence-electron chi connectivity index (χ3n) is 1.70. The Morgan fingerprint density at radius 3 is 3.00 bits per heavy atom. The Morgan fingerprint density at radius 2 is 2.50 bits per heavy atom. The minimum Gasteiger partial charge on any atom is -0.468 e. The number of hydrogen-bond acceptors (Lipinski definition) is 4. The first-order valence-electron chi connectivity index (χ1n) is 4.26. The third-order valence-corrected chi connectivity index (χ3v) is 1.70. The van der Waals surface area contributed by atoms with Gasteiger partial charge in [0.2, 0.25) is 6.17 Å². The lowest BCUT2D eigenvalue weighted by atomic mass is 10.1. The van der Waals surface area contributed by atoms with Gasteiger partial charge in [0, 0.05) is 0 Å². The first kappa shape index (κ1) is 10.7. The van der Waals surface area contributed by atoms with Gasteiger partial charge in [-0.1, -0.05) is 0 Å². The summed E-state index contributed by atoms with van der Waals surface area (Å²) in [4.78, 5) is 11.0. The summed E-state index contributed by atoms with van der Waals surface area (Å²) in [6.45, 7) is 1.73. The summed E-state index contributed by atoms with van der Waals surface area (Å²) < 4.78 is 22.6. The first-order valence-corrected chi connectivity index (χ1v) is 4.26. The molecule has 1 heterocycles. The number of nitrogens with two attached hydrogens (primary N) is 1. The van der Waals surface area contributed by atoms with Gasteiger partial charge in [-0.05, 0) is 19.1 Å². The number of carbonyl (C=O) groups is 1. The van der Waals surface area contributed by atoms with Crippen LogP contribution in [0.25, 0.3) is 0 Å². The van der Waals surface area contributed by atoms with Crippen LogP contribution in [0.4, 0.5) is 4.39 Å². The molecule has 0 spiro atoms. The van der Waals surface area contributed by atoms with Gasteiger partial charge < -0.3 is 14.9 Å². The molecular weight excluding hydrogens is 189 g/mol. The molecule has 78 valence electrons. The van der Waals surface area contributed by atoms with Gasteiger partial charge in [0.05, 0.1) is 12.9 Å². The monoisotopic (exact) mass is 201 g/mol. The van der Waals surface area contributed by atoms with Crippen molar-refractivity contribution in [2.75, 3.05) is 6.61 Å². The third kappa shape index (κ3) is 2.32. The molecule has 0 saturated carbocycles. The van der Waals surface area contributed by atoms with Crippen LogP contribution < -0.4 is 5.73 Å². The maximum Gasteiger partial charge on any atom is 0.342 e. The van der Waals surface area contributed by atoms with Gasteiger partial charge in [-0.3, -0.25) is 0 Å². The number of alkyl halides is 1. The highest BCUT2D eigenvalue weighted by Gasteiger charge is 2.29. The van der Waals surface area contributed by atoms with Gasteiger partial charge in [-0.15, -0.1) is 0 Å². The van der Waals surface area contributed by atoms with Crippen molar-refractivity contribution in [1.82, 2.24) is 0 Å². The zero-order valence-corrected chi connectivity index (χ0v) is 7.77. The Balaban J connectivity index is 2.61. The summed E-state index contributed by atoms with van der Waals surface area (Å²) in [5, 5.41) is 0. The Morgan fingerprint density at radius 1 is 1.79 bits per heavy atom. The van der Waals surface area contributed by atoms with Crippen molar-refractivity contribution in [3.63, 3.8) is 0 Å². The summed E-state index contributed by atoms with van der Waals surface area (Å²) in [6, 6.07) is 1.98. The van der Waals surface area contributed by atoms with Gasteiger partial charge in [0.1, 0.15) is 11.8 Å². The molecule has 1 aromatic rings. The second-order valence-corrected chi connectivity index (χ2v) is 2.70. The molecule has 1 rings (SSSR count). The Hall–Kier alpha value is -1.36. The van der Waals surface area contributed by atoms with E-state index in [9.17, 15) is 9.18 Å². The number of ether oxygens (including phenoxy) is 1. The molecule has 2 atom stereocenters. The number of halogens is 1. The molecule has 1 aromatic heterocycles. The minimum atomic E-state index is -1.89. The van der Waals surface area contributed by atoms with E-state index in [1.54, 1.807) is 13.0 Å². The predicted octanol–water partition coefficient (Wildman–Crippen LogP) is 1.18. The number of carbonyl (C=O) groups excluding carboxylic acids is 1. The molecular formula is C9H12FNO3. The van der Waals surface area contributed by atoms with E-state index < -0.39 is 18.2 Å². The zero-order chi connectivity index (χ0) is 10.6. The van der Waals surface area contributed by atoms with E-state index in [0.717, 1.165) is 0 Å². The van der Waals surface area contributed by atoms with E-state index in [0.29, 0.717) is 0 Å². The van der Waals surface area contributed by atoms with Crippen LogP contribution in [0.5, 0.6) is 0 Å². The van der Waals surface area contributed by atoms with E-state index in [2.05, 4.69) is 4.74 Å². The van der Waals surface area contributed by atoms with Gasteiger partial charge in [0.15, 0.2) is 0 Å². The van der Waals surface area contributed by atoms with Crippen molar-refractivity contribution in [2.24, 2.45) is 5.73 Å². The highest BCUT2D eigenvalue weighted by atomic mass is 19.1. The average Bonchev–Trinajstić information content (AvgIpc) is 2.68. The Kier molecular flexibility index (Phi) is 3.64. The van der Waals surface area contributed by atoms with E-state index in [1.165, 1.54) is 12.3 Å². The second-order valence-electron chi connectivity index (χ2n) is 2.70. The van der Waals surface area contributed by atoms with Gasteiger partial charge >= 0.3 is 5.97 Å². The van der Waals surface area contributed by atoms with Crippen molar-refractivity contribution in [3.05, 3.63) is 24.2 Å². The highest BCUT2D eigenvalue weighted by Crippen LogP contribution is 2.18. The summed E-state index contributed by atoms with van der Waals surface area (Å²) in [7, 11) is 0. The van der Waals surface area contributed by atoms with E-state index in [1.807, 2.05) is 0 Å². The summed E-state index contributed by atoms with van der Waals surface area (Å²) in [5.74, 6) is -0.734. The van der Waals surface area contributed by atoms with Crippen LogP contribution in [0.2, 0.25) is 0 Å². The molecule has 5 heteroatoms. The zero-order valence-electron chi connectivity index (χ0n) is 7.77. The fourth-order valence-electron chi connectivity index (χ4n) is 0.994. The molecule has 0 aliphatic heterocycles. The molecule has 0 aromatic carbocycles. The Bertz CT molecular complexity index is 286. The molecule has 0 aliphatic carbocycles. The van der Waals surface area contributed by atoms with Crippen LogP contribution in [0.15, 0.2) is 22.8 Å². The van der Waals surface area contributed by atoms with Crippen LogP contribution in [-0.4, -0.2) is 18.7 Å². The number of furan rings is 1. The van der Waals surface area contributed by atoms with E-state index >= 15 is 0 Å². The maximum absolute atomic E-state index is 13.3. The van der Waals surface area contributed by atoms with Crippen LogP contribution in [-0.2, 0) is 9.53 Å². The van der Waals surface area contributed by atoms with Crippen molar-refractivity contribution in [3.8, 4) is 0 Å². The van der Waals surface area contributed by atoms with Gasteiger partial charge in [0.25, 0.3) is 0 Å². The SMILES string of the molecule is CCOC(=O)C(F)[C@@H](N)c1ccco1. The van der Waals surface area contributed by atoms with E-state index in [4.69, 9.17) is 10.2 Å². The molecule has 0 amide bonds. The lowest BCUT2D eigenvalue weighted by molar-refractivity contribution is -0.150. The van der Waals surface area contributed by atoms with Crippen molar-refractivity contribution in [1.29, 1.82) is 0 Å². The number of hydrogen-bond donors (Lipinski definition) is 1. The molecule has 14 heavy (non-hydrogen) atoms. The smallest absolute Gasteiger partial charge is 0.342 e. The molecule has 0 radical (unpaired) electrons.